The summed E-state index contributed by atoms with van der Waals surface area (Å²) in [6.45, 7) is 5.46. The molecule has 0 aliphatic heterocycles. The van der Waals surface area contributed by atoms with Crippen LogP contribution in [0.2, 0.25) is 0 Å². The summed E-state index contributed by atoms with van der Waals surface area (Å²) in [5, 5.41) is 5.13. The summed E-state index contributed by atoms with van der Waals surface area (Å²) in [6.07, 6.45) is -0.248. The zero-order valence-corrected chi connectivity index (χ0v) is 18.6. The van der Waals surface area contributed by atoms with Gasteiger partial charge in [0.25, 0.3) is 0 Å². The molecule has 0 aromatic heterocycles. The van der Waals surface area contributed by atoms with Crippen LogP contribution in [0, 0.1) is 0 Å². The second-order valence-electron chi connectivity index (χ2n) is 7.85. The maximum absolute atomic E-state index is 12.5. The van der Waals surface area contributed by atoms with E-state index >= 15 is 0 Å². The quantitative estimate of drug-likeness (QED) is 0.311. The van der Waals surface area contributed by atoms with Gasteiger partial charge in [0.2, 0.25) is 5.91 Å². The summed E-state index contributed by atoms with van der Waals surface area (Å²) in [5.74, 6) is -1.34. The summed E-state index contributed by atoms with van der Waals surface area (Å²) < 4.78 is 15.0. The van der Waals surface area contributed by atoms with Crippen molar-refractivity contribution in [3.8, 4) is 0 Å². The molecule has 1 aromatic carbocycles. The third kappa shape index (κ3) is 12.2. The number of alkyl carbamates (subject to hydrolysis) is 1. The first-order valence-corrected chi connectivity index (χ1v) is 10.1. The van der Waals surface area contributed by atoms with Gasteiger partial charge in [-0.05, 0) is 39.2 Å². The van der Waals surface area contributed by atoms with Gasteiger partial charge in [0, 0.05) is 19.4 Å². The number of rotatable bonds is 11. The Hall–Kier alpha value is -3.10. The van der Waals surface area contributed by atoms with Gasteiger partial charge < -0.3 is 24.8 Å². The van der Waals surface area contributed by atoms with Crippen LogP contribution in [-0.4, -0.2) is 49.2 Å². The third-order valence-corrected chi connectivity index (χ3v) is 3.97. The van der Waals surface area contributed by atoms with E-state index in [-0.39, 0.29) is 38.4 Å². The first-order valence-electron chi connectivity index (χ1n) is 10.1. The van der Waals surface area contributed by atoms with E-state index in [0.29, 0.717) is 6.42 Å². The van der Waals surface area contributed by atoms with Gasteiger partial charge in [-0.3, -0.25) is 14.4 Å². The summed E-state index contributed by atoms with van der Waals surface area (Å²) in [5.41, 5.74) is 0.114. The number of esters is 2. The van der Waals surface area contributed by atoms with Gasteiger partial charge in [0.05, 0.1) is 7.11 Å². The van der Waals surface area contributed by atoms with Gasteiger partial charge in [-0.25, -0.2) is 4.79 Å². The van der Waals surface area contributed by atoms with E-state index in [9.17, 15) is 19.2 Å². The fourth-order valence-electron chi connectivity index (χ4n) is 2.46. The first-order chi connectivity index (χ1) is 14.6. The Kier molecular flexibility index (Phi) is 11.1. The second kappa shape index (κ2) is 13.3. The van der Waals surface area contributed by atoms with Gasteiger partial charge in [-0.1, -0.05) is 30.3 Å². The Labute approximate surface area is 182 Å². The Bertz CT molecular complexity index is 729. The van der Waals surface area contributed by atoms with E-state index in [1.54, 1.807) is 20.8 Å². The van der Waals surface area contributed by atoms with E-state index in [4.69, 9.17) is 9.47 Å². The smallest absolute Gasteiger partial charge is 0.408 e. The van der Waals surface area contributed by atoms with Crippen LogP contribution >= 0.6 is 0 Å². The molecular weight excluding hydrogens is 404 g/mol. The molecule has 0 bridgehead atoms. The van der Waals surface area contributed by atoms with Crippen LogP contribution in [0.3, 0.4) is 0 Å². The third-order valence-electron chi connectivity index (χ3n) is 3.97. The predicted octanol–water partition coefficient (Wildman–Crippen LogP) is 2.47. The lowest BCUT2D eigenvalue weighted by molar-refractivity contribution is -0.145. The number of nitrogens with one attached hydrogen (secondary N) is 2. The van der Waals surface area contributed by atoms with Crippen molar-refractivity contribution in [2.75, 3.05) is 13.7 Å². The minimum atomic E-state index is -0.989. The maximum atomic E-state index is 12.5. The molecule has 0 radical (unpaired) electrons. The normalized spacial score (nSPS) is 11.7. The molecule has 1 atom stereocenters. The van der Waals surface area contributed by atoms with Crippen molar-refractivity contribution < 1.29 is 33.4 Å². The van der Waals surface area contributed by atoms with E-state index in [2.05, 4.69) is 15.4 Å². The average molecular weight is 437 g/mol. The van der Waals surface area contributed by atoms with E-state index in [1.807, 2.05) is 30.3 Å². The van der Waals surface area contributed by atoms with Crippen LogP contribution in [0.1, 0.15) is 52.0 Å². The van der Waals surface area contributed by atoms with Crippen molar-refractivity contribution in [3.05, 3.63) is 35.9 Å². The standard InChI is InChI=1S/C22H32N2O7/c1-22(2,3)31-21(28)24-17(20(27)23-14-8-11-18(25)29-4)12-13-19(26)30-15-16-9-6-5-7-10-16/h5-7,9-10,17H,8,11-15H2,1-4H3,(H,23,27)(H,24,28)/t17-/m1/s1. The van der Waals surface area contributed by atoms with E-state index < -0.39 is 29.6 Å². The molecular formula is C22H32N2O7. The van der Waals surface area contributed by atoms with Gasteiger partial charge in [-0.2, -0.15) is 0 Å². The van der Waals surface area contributed by atoms with Crippen molar-refractivity contribution in [1.82, 2.24) is 10.6 Å². The monoisotopic (exact) mass is 436 g/mol. The van der Waals surface area contributed by atoms with Crippen LogP contribution < -0.4 is 10.6 Å². The topological polar surface area (TPSA) is 120 Å². The zero-order chi connectivity index (χ0) is 23.3. The average Bonchev–Trinajstić information content (AvgIpc) is 2.71. The minimum absolute atomic E-state index is 0.0374. The highest BCUT2D eigenvalue weighted by atomic mass is 16.6. The highest BCUT2D eigenvalue weighted by molar-refractivity contribution is 5.86. The minimum Gasteiger partial charge on any atom is -0.469 e. The summed E-state index contributed by atoms with van der Waals surface area (Å²) in [4.78, 5) is 47.8. The predicted molar refractivity (Wildman–Crippen MR) is 113 cm³/mol. The molecule has 1 aromatic rings. The molecule has 1 rings (SSSR count). The number of carbonyl (C=O) groups is 4. The van der Waals surface area contributed by atoms with Crippen LogP contribution in [0.5, 0.6) is 0 Å². The van der Waals surface area contributed by atoms with Crippen molar-refractivity contribution in [3.63, 3.8) is 0 Å². The summed E-state index contributed by atoms with van der Waals surface area (Å²) in [7, 11) is 1.29. The molecule has 9 nitrogen and oxygen atoms in total. The Morgan fingerprint density at radius 2 is 1.68 bits per heavy atom. The Morgan fingerprint density at radius 1 is 1.00 bits per heavy atom. The number of ether oxygens (including phenoxy) is 3. The van der Waals surface area contributed by atoms with Gasteiger partial charge >= 0.3 is 18.0 Å². The zero-order valence-electron chi connectivity index (χ0n) is 18.6. The summed E-state index contributed by atoms with van der Waals surface area (Å²) >= 11 is 0. The fraction of sp³-hybridized carbons (Fsp3) is 0.545. The molecule has 0 aliphatic rings. The van der Waals surface area contributed by atoms with Crippen LogP contribution in [0.15, 0.2) is 30.3 Å². The molecule has 0 heterocycles. The molecule has 2 amide bonds. The molecule has 0 aliphatic carbocycles. The van der Waals surface area contributed by atoms with Gasteiger partial charge in [0.15, 0.2) is 0 Å². The molecule has 0 fully saturated rings. The van der Waals surface area contributed by atoms with Crippen molar-refractivity contribution in [2.45, 2.75) is 64.7 Å². The molecule has 0 spiro atoms. The van der Waals surface area contributed by atoms with Crippen molar-refractivity contribution in [2.24, 2.45) is 0 Å². The van der Waals surface area contributed by atoms with E-state index in [0.717, 1.165) is 5.56 Å². The SMILES string of the molecule is COC(=O)CCCNC(=O)[C@@H](CCC(=O)OCc1ccccc1)NC(=O)OC(C)(C)C. The molecule has 0 saturated heterocycles. The van der Waals surface area contributed by atoms with Crippen LogP contribution in [0.25, 0.3) is 0 Å². The molecule has 31 heavy (non-hydrogen) atoms. The molecule has 9 heteroatoms. The highest BCUT2D eigenvalue weighted by Crippen LogP contribution is 2.09. The number of hydrogen-bond donors (Lipinski definition) is 2. The van der Waals surface area contributed by atoms with Crippen LogP contribution in [-0.2, 0) is 35.2 Å². The number of benzene rings is 1. The number of methoxy groups -OCH3 is 1. The lowest BCUT2D eigenvalue weighted by Gasteiger charge is -2.23. The second-order valence-corrected chi connectivity index (χ2v) is 7.85. The first kappa shape index (κ1) is 25.9. The van der Waals surface area contributed by atoms with Gasteiger partial charge in [-0.15, -0.1) is 0 Å². The molecule has 172 valence electrons. The van der Waals surface area contributed by atoms with Crippen LogP contribution in [0.4, 0.5) is 4.79 Å². The van der Waals surface area contributed by atoms with Crippen molar-refractivity contribution >= 4 is 23.9 Å². The lowest BCUT2D eigenvalue weighted by atomic mass is 10.1. The molecule has 0 saturated carbocycles. The Morgan fingerprint density at radius 3 is 2.29 bits per heavy atom. The maximum Gasteiger partial charge on any atom is 0.408 e. The largest absolute Gasteiger partial charge is 0.469 e. The fourth-order valence-corrected chi connectivity index (χ4v) is 2.46. The van der Waals surface area contributed by atoms with Crippen molar-refractivity contribution in [1.29, 1.82) is 0 Å². The van der Waals surface area contributed by atoms with Gasteiger partial charge in [0.1, 0.15) is 18.2 Å². The number of amides is 2. The number of carbonyl (C=O) groups excluding carboxylic acids is 4. The highest BCUT2D eigenvalue weighted by Gasteiger charge is 2.25. The summed E-state index contributed by atoms with van der Waals surface area (Å²) in [6, 6.07) is 8.23. The number of hydrogen-bond acceptors (Lipinski definition) is 7. The molecule has 2 N–H and O–H groups in total. The Balaban J connectivity index is 2.57. The van der Waals surface area contributed by atoms with E-state index in [1.165, 1.54) is 7.11 Å². The lowest BCUT2D eigenvalue weighted by Crippen LogP contribution is -2.48. The molecule has 0 unspecified atom stereocenters.